The topological polar surface area (TPSA) is 49.3 Å². The predicted molar refractivity (Wildman–Crippen MR) is 81.6 cm³/mol. The molecule has 0 aliphatic carbocycles. The van der Waals surface area contributed by atoms with Crippen LogP contribution < -0.4 is 5.32 Å². The van der Waals surface area contributed by atoms with Gasteiger partial charge in [0.15, 0.2) is 0 Å². The van der Waals surface area contributed by atoms with Crippen molar-refractivity contribution in [2.75, 3.05) is 5.32 Å². The van der Waals surface area contributed by atoms with Gasteiger partial charge in [0.25, 0.3) is 0 Å². The highest BCUT2D eigenvalue weighted by Gasteiger charge is 2.30. The molecule has 122 valence electrons. The summed E-state index contributed by atoms with van der Waals surface area (Å²) < 4.78 is 38.0. The van der Waals surface area contributed by atoms with Crippen molar-refractivity contribution in [3.05, 3.63) is 64.7 Å². The van der Waals surface area contributed by atoms with E-state index >= 15 is 0 Å². The summed E-state index contributed by atoms with van der Waals surface area (Å²) in [7, 11) is 0. The van der Waals surface area contributed by atoms with Crippen LogP contribution in [0.15, 0.2) is 42.5 Å². The zero-order valence-corrected chi connectivity index (χ0v) is 12.4. The Morgan fingerprint density at radius 3 is 2.52 bits per heavy atom. The lowest BCUT2D eigenvalue weighted by Gasteiger charge is -2.12. The quantitative estimate of drug-likeness (QED) is 0.847. The van der Waals surface area contributed by atoms with Crippen molar-refractivity contribution in [2.45, 2.75) is 26.1 Å². The van der Waals surface area contributed by atoms with Crippen molar-refractivity contribution in [2.24, 2.45) is 0 Å². The molecule has 0 radical (unpaired) electrons. The summed E-state index contributed by atoms with van der Waals surface area (Å²) in [5, 5.41) is 12.1. The molecule has 2 N–H and O–H groups in total. The van der Waals surface area contributed by atoms with E-state index in [0.29, 0.717) is 23.2 Å². The van der Waals surface area contributed by atoms with Crippen molar-refractivity contribution >= 4 is 11.7 Å². The second-order valence-electron chi connectivity index (χ2n) is 5.08. The molecule has 0 aliphatic heterocycles. The van der Waals surface area contributed by atoms with Crippen molar-refractivity contribution in [3.8, 4) is 0 Å². The zero-order valence-electron chi connectivity index (χ0n) is 12.4. The number of carboxylic acids is 1. The summed E-state index contributed by atoms with van der Waals surface area (Å²) >= 11 is 0. The molecule has 3 nitrogen and oxygen atoms in total. The van der Waals surface area contributed by atoms with E-state index in [1.807, 2.05) is 6.92 Å². The van der Waals surface area contributed by atoms with Crippen LogP contribution in [0.5, 0.6) is 0 Å². The molecule has 0 fully saturated rings. The van der Waals surface area contributed by atoms with Crippen LogP contribution in [0.25, 0.3) is 0 Å². The normalized spacial score (nSPS) is 11.3. The molecule has 0 aromatic heterocycles. The van der Waals surface area contributed by atoms with Crippen molar-refractivity contribution in [1.29, 1.82) is 0 Å². The lowest BCUT2D eigenvalue weighted by atomic mass is 10.0. The molecule has 0 aliphatic rings. The van der Waals surface area contributed by atoms with E-state index < -0.39 is 17.7 Å². The number of alkyl halides is 3. The first kappa shape index (κ1) is 16.9. The number of carboxylic acid groups (broad SMARTS) is 1. The number of anilines is 1. The number of nitrogens with one attached hydrogen (secondary N) is 1. The monoisotopic (exact) mass is 323 g/mol. The number of benzene rings is 2. The second-order valence-corrected chi connectivity index (χ2v) is 5.08. The molecule has 0 saturated heterocycles. The minimum Gasteiger partial charge on any atom is -0.478 e. The van der Waals surface area contributed by atoms with Crippen LogP contribution in [0.1, 0.15) is 34.0 Å². The highest BCUT2D eigenvalue weighted by molar-refractivity contribution is 5.90. The van der Waals surface area contributed by atoms with Gasteiger partial charge in [0.2, 0.25) is 0 Å². The van der Waals surface area contributed by atoms with Gasteiger partial charge >= 0.3 is 12.1 Å². The highest BCUT2D eigenvalue weighted by Crippen LogP contribution is 2.29. The van der Waals surface area contributed by atoms with Gasteiger partial charge in [-0.3, -0.25) is 0 Å². The molecular weight excluding hydrogens is 307 g/mol. The average molecular weight is 323 g/mol. The van der Waals surface area contributed by atoms with E-state index in [1.165, 1.54) is 12.1 Å². The maximum atomic E-state index is 12.7. The van der Waals surface area contributed by atoms with Gasteiger partial charge in [-0.15, -0.1) is 0 Å². The fourth-order valence-electron chi connectivity index (χ4n) is 2.27. The lowest BCUT2D eigenvalue weighted by molar-refractivity contribution is -0.137. The third kappa shape index (κ3) is 4.25. The molecule has 0 heterocycles. The summed E-state index contributed by atoms with van der Waals surface area (Å²) in [4.78, 5) is 11.1. The van der Waals surface area contributed by atoms with E-state index in [0.717, 1.165) is 12.1 Å². The van der Waals surface area contributed by atoms with Crippen molar-refractivity contribution in [3.63, 3.8) is 0 Å². The number of hydrogen-bond donors (Lipinski definition) is 2. The van der Waals surface area contributed by atoms with Crippen LogP contribution in [0.4, 0.5) is 18.9 Å². The minimum atomic E-state index is -4.37. The van der Waals surface area contributed by atoms with Gasteiger partial charge in [-0.05, 0) is 47.9 Å². The first-order valence-electron chi connectivity index (χ1n) is 7.07. The Hall–Kier alpha value is -2.50. The van der Waals surface area contributed by atoms with Crippen molar-refractivity contribution < 1.29 is 23.1 Å². The largest absolute Gasteiger partial charge is 0.478 e. The third-order valence-electron chi connectivity index (χ3n) is 3.47. The minimum absolute atomic E-state index is 0.222. The molecule has 6 heteroatoms. The smallest absolute Gasteiger partial charge is 0.416 e. The van der Waals surface area contributed by atoms with Gasteiger partial charge in [0.05, 0.1) is 11.1 Å². The number of aryl methyl sites for hydroxylation is 1. The number of carbonyl (C=O) groups is 1. The molecule has 0 bridgehead atoms. The Kier molecular flexibility index (Phi) is 4.93. The predicted octanol–water partition coefficient (Wildman–Crippen LogP) is 4.58. The SMILES string of the molecule is CCc1cc(NCc2cccc(C(F)(F)F)c2)ccc1C(=O)O. The van der Waals surface area contributed by atoms with Crippen LogP contribution in [0.2, 0.25) is 0 Å². The van der Waals surface area contributed by atoms with Crippen LogP contribution >= 0.6 is 0 Å². The Morgan fingerprint density at radius 1 is 1.17 bits per heavy atom. The van der Waals surface area contributed by atoms with E-state index in [4.69, 9.17) is 5.11 Å². The van der Waals surface area contributed by atoms with Gasteiger partial charge in [0.1, 0.15) is 0 Å². The van der Waals surface area contributed by atoms with Crippen LogP contribution in [0, 0.1) is 0 Å². The maximum Gasteiger partial charge on any atom is 0.416 e. The Labute approximate surface area is 131 Å². The molecule has 2 aromatic carbocycles. The fourth-order valence-corrected chi connectivity index (χ4v) is 2.27. The van der Waals surface area contributed by atoms with Gasteiger partial charge < -0.3 is 10.4 Å². The van der Waals surface area contributed by atoms with Gasteiger partial charge in [-0.2, -0.15) is 13.2 Å². The molecule has 2 aromatic rings. The summed E-state index contributed by atoms with van der Waals surface area (Å²) in [5.74, 6) is -0.994. The lowest BCUT2D eigenvalue weighted by Crippen LogP contribution is -2.07. The number of rotatable bonds is 5. The van der Waals surface area contributed by atoms with Crippen LogP contribution in [0.3, 0.4) is 0 Å². The molecule has 0 atom stereocenters. The number of aromatic carboxylic acids is 1. The molecule has 23 heavy (non-hydrogen) atoms. The zero-order chi connectivity index (χ0) is 17.0. The second kappa shape index (κ2) is 6.73. The molecule has 0 saturated carbocycles. The maximum absolute atomic E-state index is 12.7. The molecule has 2 rings (SSSR count). The van der Waals surface area contributed by atoms with Gasteiger partial charge in [-0.25, -0.2) is 4.79 Å². The Bertz CT molecular complexity index is 711. The first-order chi connectivity index (χ1) is 10.8. The Balaban J connectivity index is 2.14. The van der Waals surface area contributed by atoms with Crippen molar-refractivity contribution in [1.82, 2.24) is 0 Å². The molecule has 0 amide bonds. The van der Waals surface area contributed by atoms with Gasteiger partial charge in [-0.1, -0.05) is 19.1 Å². The highest BCUT2D eigenvalue weighted by atomic mass is 19.4. The standard InChI is InChI=1S/C17H16F3NO2/c1-2-12-9-14(6-7-15(12)16(22)23)21-10-11-4-3-5-13(8-11)17(18,19)20/h3-9,21H,2,10H2,1H3,(H,22,23). The molecule has 0 unspecified atom stereocenters. The average Bonchev–Trinajstić information content (AvgIpc) is 2.52. The first-order valence-corrected chi connectivity index (χ1v) is 7.07. The number of halogens is 3. The Morgan fingerprint density at radius 2 is 1.91 bits per heavy atom. The van der Waals surface area contributed by atoms with Gasteiger partial charge in [0, 0.05) is 12.2 Å². The van der Waals surface area contributed by atoms with E-state index in [2.05, 4.69) is 5.32 Å². The number of hydrogen-bond acceptors (Lipinski definition) is 2. The fraction of sp³-hybridized carbons (Fsp3) is 0.235. The van der Waals surface area contributed by atoms with E-state index in [-0.39, 0.29) is 12.1 Å². The van der Waals surface area contributed by atoms with Crippen LogP contribution in [-0.2, 0) is 19.1 Å². The van der Waals surface area contributed by atoms with E-state index in [9.17, 15) is 18.0 Å². The summed E-state index contributed by atoms with van der Waals surface area (Å²) in [5.41, 5.74) is 1.39. The third-order valence-corrected chi connectivity index (χ3v) is 3.47. The van der Waals surface area contributed by atoms with E-state index in [1.54, 1.807) is 18.2 Å². The summed E-state index contributed by atoms with van der Waals surface area (Å²) in [6, 6.07) is 9.90. The summed E-state index contributed by atoms with van der Waals surface area (Å²) in [6.45, 7) is 2.07. The molecule has 0 spiro atoms. The van der Waals surface area contributed by atoms with Crippen LogP contribution in [-0.4, -0.2) is 11.1 Å². The molecular formula is C17H16F3NO2. The summed E-state index contributed by atoms with van der Waals surface area (Å²) in [6.07, 6.45) is -3.81.